The quantitative estimate of drug-likeness (QED) is 0.635. The molecule has 0 saturated carbocycles. The number of nitrogens with zero attached hydrogens (tertiary/aromatic N) is 2. The van der Waals surface area contributed by atoms with Crippen LogP contribution in [0.3, 0.4) is 0 Å². The maximum absolute atomic E-state index is 4.63. The monoisotopic (exact) mass is 367 g/mol. The Kier molecular flexibility index (Phi) is 4.72. The van der Waals surface area contributed by atoms with Crippen LogP contribution in [-0.4, -0.2) is 9.97 Å². The van der Waals surface area contributed by atoms with Gasteiger partial charge in [-0.25, -0.2) is 9.97 Å². The van der Waals surface area contributed by atoms with E-state index in [-0.39, 0.29) is 0 Å². The van der Waals surface area contributed by atoms with Crippen LogP contribution in [0, 0.1) is 0 Å². The van der Waals surface area contributed by atoms with Crippen LogP contribution in [0.4, 0.5) is 11.6 Å². The maximum atomic E-state index is 4.63. The minimum Gasteiger partial charge on any atom is -0.324 e. The van der Waals surface area contributed by atoms with Crippen molar-refractivity contribution in [3.05, 3.63) is 70.8 Å². The van der Waals surface area contributed by atoms with Crippen molar-refractivity contribution in [3.8, 4) is 11.3 Å². The van der Waals surface area contributed by atoms with Crippen LogP contribution in [0.2, 0.25) is 0 Å². The minimum atomic E-state index is 0.438. The largest absolute Gasteiger partial charge is 0.324 e. The van der Waals surface area contributed by atoms with Crippen molar-refractivity contribution in [3.63, 3.8) is 0 Å². The lowest BCUT2D eigenvalue weighted by Crippen LogP contribution is -2.01. The summed E-state index contributed by atoms with van der Waals surface area (Å²) in [5, 5.41) is 3.34. The number of nitrogens with one attached hydrogen (secondary N) is 1. The Hall–Kier alpha value is -2.20. The smallest absolute Gasteiger partial charge is 0.227 e. The molecule has 0 aliphatic heterocycles. The Morgan fingerprint density at radius 1 is 0.957 bits per heavy atom. The van der Waals surface area contributed by atoms with Gasteiger partial charge in [-0.05, 0) is 35.7 Å². The normalized spacial score (nSPS) is 10.8. The predicted octanol–water partition coefficient (Wildman–Crippen LogP) is 5.77. The van der Waals surface area contributed by atoms with E-state index in [0.29, 0.717) is 11.9 Å². The summed E-state index contributed by atoms with van der Waals surface area (Å²) in [7, 11) is 0. The molecule has 0 unspecified atom stereocenters. The number of para-hydroxylation sites is 1. The Balaban J connectivity index is 1.90. The summed E-state index contributed by atoms with van der Waals surface area (Å²) in [6.45, 7) is 4.36. The zero-order chi connectivity index (χ0) is 16.2. The highest BCUT2D eigenvalue weighted by Crippen LogP contribution is 2.26. The Morgan fingerprint density at radius 2 is 1.70 bits per heavy atom. The standard InChI is InChI=1S/C19H18BrN3/c1-13(2)16-5-3-4-6-18(16)23-19-21-12-11-17(22-19)14-7-9-15(20)10-8-14/h3-13H,1-2H3,(H,21,22,23). The molecular formula is C19H18BrN3. The molecule has 1 aromatic heterocycles. The first kappa shape index (κ1) is 15.7. The summed E-state index contributed by atoms with van der Waals surface area (Å²) in [6, 6.07) is 18.3. The molecule has 0 amide bonds. The Bertz CT molecular complexity index is 798. The van der Waals surface area contributed by atoms with Crippen LogP contribution < -0.4 is 5.32 Å². The molecular weight excluding hydrogens is 350 g/mol. The number of hydrogen-bond acceptors (Lipinski definition) is 3. The van der Waals surface area contributed by atoms with Gasteiger partial charge < -0.3 is 5.32 Å². The molecule has 0 fully saturated rings. The molecule has 0 spiro atoms. The molecule has 0 radical (unpaired) electrons. The molecule has 23 heavy (non-hydrogen) atoms. The fraction of sp³-hybridized carbons (Fsp3) is 0.158. The maximum Gasteiger partial charge on any atom is 0.227 e. The van der Waals surface area contributed by atoms with Gasteiger partial charge in [-0.1, -0.05) is 60.1 Å². The first-order valence-electron chi connectivity index (χ1n) is 7.58. The molecule has 4 heteroatoms. The third kappa shape index (κ3) is 3.77. The van der Waals surface area contributed by atoms with Crippen LogP contribution in [-0.2, 0) is 0 Å². The topological polar surface area (TPSA) is 37.8 Å². The van der Waals surface area contributed by atoms with Crippen molar-refractivity contribution in [1.29, 1.82) is 0 Å². The van der Waals surface area contributed by atoms with Gasteiger partial charge in [-0.3, -0.25) is 0 Å². The van der Waals surface area contributed by atoms with Crippen LogP contribution in [0.15, 0.2) is 65.3 Å². The van der Waals surface area contributed by atoms with Crippen molar-refractivity contribution < 1.29 is 0 Å². The van der Waals surface area contributed by atoms with Gasteiger partial charge in [0.15, 0.2) is 0 Å². The fourth-order valence-electron chi connectivity index (χ4n) is 2.44. The second-order valence-corrected chi connectivity index (χ2v) is 6.56. The predicted molar refractivity (Wildman–Crippen MR) is 99.0 cm³/mol. The van der Waals surface area contributed by atoms with Gasteiger partial charge in [-0.2, -0.15) is 0 Å². The van der Waals surface area contributed by atoms with Crippen molar-refractivity contribution in [1.82, 2.24) is 9.97 Å². The zero-order valence-electron chi connectivity index (χ0n) is 13.1. The molecule has 0 aliphatic carbocycles. The van der Waals surface area contributed by atoms with Crippen LogP contribution in [0.1, 0.15) is 25.3 Å². The number of halogens is 1. The van der Waals surface area contributed by atoms with E-state index >= 15 is 0 Å². The summed E-state index contributed by atoms with van der Waals surface area (Å²) >= 11 is 3.45. The molecule has 1 N–H and O–H groups in total. The summed E-state index contributed by atoms with van der Waals surface area (Å²) < 4.78 is 1.06. The lowest BCUT2D eigenvalue weighted by atomic mass is 10.0. The van der Waals surface area contributed by atoms with Gasteiger partial charge in [0.2, 0.25) is 5.95 Å². The number of benzene rings is 2. The van der Waals surface area contributed by atoms with E-state index in [0.717, 1.165) is 21.4 Å². The SMILES string of the molecule is CC(C)c1ccccc1Nc1nccc(-c2ccc(Br)cc2)n1. The van der Waals surface area contributed by atoms with E-state index in [4.69, 9.17) is 0 Å². The average Bonchev–Trinajstić information content (AvgIpc) is 2.56. The molecule has 2 aromatic carbocycles. The van der Waals surface area contributed by atoms with Gasteiger partial charge >= 0.3 is 0 Å². The first-order chi connectivity index (χ1) is 11.1. The number of rotatable bonds is 4. The molecule has 0 aliphatic rings. The summed E-state index contributed by atoms with van der Waals surface area (Å²) in [6.07, 6.45) is 1.78. The molecule has 0 saturated heterocycles. The highest BCUT2D eigenvalue weighted by molar-refractivity contribution is 9.10. The Morgan fingerprint density at radius 3 is 2.43 bits per heavy atom. The lowest BCUT2D eigenvalue weighted by molar-refractivity contribution is 0.868. The van der Waals surface area contributed by atoms with Crippen LogP contribution in [0.5, 0.6) is 0 Å². The van der Waals surface area contributed by atoms with Crippen molar-refractivity contribution in [2.75, 3.05) is 5.32 Å². The molecule has 1 heterocycles. The van der Waals surface area contributed by atoms with Gasteiger partial charge in [-0.15, -0.1) is 0 Å². The fourth-order valence-corrected chi connectivity index (χ4v) is 2.70. The highest BCUT2D eigenvalue weighted by atomic mass is 79.9. The van der Waals surface area contributed by atoms with E-state index in [1.54, 1.807) is 6.20 Å². The summed E-state index contributed by atoms with van der Waals surface area (Å²) in [5.74, 6) is 1.05. The molecule has 3 rings (SSSR count). The molecule has 3 nitrogen and oxygen atoms in total. The van der Waals surface area contributed by atoms with E-state index in [1.807, 2.05) is 36.4 Å². The molecule has 3 aromatic rings. The minimum absolute atomic E-state index is 0.438. The van der Waals surface area contributed by atoms with Gasteiger partial charge in [0.05, 0.1) is 5.69 Å². The highest BCUT2D eigenvalue weighted by Gasteiger charge is 2.08. The van der Waals surface area contributed by atoms with E-state index in [1.165, 1.54) is 5.56 Å². The second kappa shape index (κ2) is 6.92. The number of aromatic nitrogens is 2. The van der Waals surface area contributed by atoms with Crippen molar-refractivity contribution in [2.45, 2.75) is 19.8 Å². The lowest BCUT2D eigenvalue weighted by Gasteiger charge is -2.13. The van der Waals surface area contributed by atoms with Crippen LogP contribution in [0.25, 0.3) is 11.3 Å². The Labute approximate surface area is 144 Å². The summed E-state index contributed by atoms with van der Waals surface area (Å²) in [4.78, 5) is 8.98. The number of anilines is 2. The number of hydrogen-bond donors (Lipinski definition) is 1. The first-order valence-corrected chi connectivity index (χ1v) is 8.38. The van der Waals surface area contributed by atoms with Gasteiger partial charge in [0.25, 0.3) is 0 Å². The van der Waals surface area contributed by atoms with Crippen LogP contribution >= 0.6 is 15.9 Å². The van der Waals surface area contributed by atoms with Crippen molar-refractivity contribution in [2.24, 2.45) is 0 Å². The second-order valence-electron chi connectivity index (χ2n) is 5.64. The van der Waals surface area contributed by atoms with E-state index in [9.17, 15) is 0 Å². The summed E-state index contributed by atoms with van der Waals surface area (Å²) in [5.41, 5.74) is 4.27. The average molecular weight is 368 g/mol. The van der Waals surface area contributed by atoms with E-state index < -0.39 is 0 Å². The third-order valence-electron chi connectivity index (χ3n) is 3.62. The van der Waals surface area contributed by atoms with Gasteiger partial charge in [0, 0.05) is 21.9 Å². The van der Waals surface area contributed by atoms with E-state index in [2.05, 4.69) is 63.3 Å². The zero-order valence-corrected chi connectivity index (χ0v) is 14.7. The molecule has 0 bridgehead atoms. The molecule has 116 valence electrons. The third-order valence-corrected chi connectivity index (χ3v) is 4.15. The van der Waals surface area contributed by atoms with Gasteiger partial charge in [0.1, 0.15) is 0 Å². The van der Waals surface area contributed by atoms with Crippen molar-refractivity contribution >= 4 is 27.6 Å². The molecule has 0 atom stereocenters.